The highest BCUT2D eigenvalue weighted by Crippen LogP contribution is 2.41. The number of hydrogen-bond donors (Lipinski definition) is 2. The summed E-state index contributed by atoms with van der Waals surface area (Å²) in [6, 6.07) is 11.5. The average Bonchev–Trinajstić information content (AvgIpc) is 3.21. The SMILES string of the molecule is O=C(NCc1ccccc1Cl)C(=O)NCC1(c2cccs2)CCCCC1. The van der Waals surface area contributed by atoms with Crippen LogP contribution in [0.3, 0.4) is 0 Å². The molecular weight excluding hydrogens is 368 g/mol. The van der Waals surface area contributed by atoms with Gasteiger partial charge in [-0.05, 0) is 35.9 Å². The van der Waals surface area contributed by atoms with Crippen LogP contribution in [0.15, 0.2) is 41.8 Å². The fourth-order valence-electron chi connectivity index (χ4n) is 3.55. The maximum absolute atomic E-state index is 12.3. The molecule has 26 heavy (non-hydrogen) atoms. The van der Waals surface area contributed by atoms with E-state index >= 15 is 0 Å². The molecule has 1 aromatic carbocycles. The minimum Gasteiger partial charge on any atom is -0.347 e. The molecule has 0 unspecified atom stereocenters. The predicted molar refractivity (Wildman–Crippen MR) is 105 cm³/mol. The lowest BCUT2D eigenvalue weighted by molar-refractivity contribution is -0.139. The van der Waals surface area contributed by atoms with Crippen LogP contribution in [0.25, 0.3) is 0 Å². The minimum atomic E-state index is -0.623. The zero-order chi connectivity index (χ0) is 18.4. The van der Waals surface area contributed by atoms with Gasteiger partial charge in [0, 0.05) is 28.4 Å². The minimum absolute atomic E-state index is 0.0366. The van der Waals surface area contributed by atoms with Crippen molar-refractivity contribution in [2.75, 3.05) is 6.54 Å². The largest absolute Gasteiger partial charge is 0.347 e. The summed E-state index contributed by atoms with van der Waals surface area (Å²) in [7, 11) is 0. The number of hydrogen-bond acceptors (Lipinski definition) is 3. The van der Waals surface area contributed by atoms with Gasteiger partial charge in [-0.15, -0.1) is 11.3 Å². The van der Waals surface area contributed by atoms with E-state index in [4.69, 9.17) is 11.6 Å². The first-order valence-corrected chi connectivity index (χ1v) is 10.2. The third kappa shape index (κ3) is 4.46. The van der Waals surface area contributed by atoms with Crippen molar-refractivity contribution in [3.8, 4) is 0 Å². The monoisotopic (exact) mass is 390 g/mol. The Bertz CT molecular complexity index is 755. The Kier molecular flexibility index (Phi) is 6.33. The molecule has 0 atom stereocenters. The summed E-state index contributed by atoms with van der Waals surface area (Å²) in [5, 5.41) is 8.15. The van der Waals surface area contributed by atoms with Gasteiger partial charge in [0.05, 0.1) is 0 Å². The summed E-state index contributed by atoms with van der Waals surface area (Å²) < 4.78 is 0. The van der Waals surface area contributed by atoms with Gasteiger partial charge < -0.3 is 10.6 Å². The predicted octanol–water partition coefficient (Wildman–Crippen LogP) is 4.04. The van der Waals surface area contributed by atoms with Crippen molar-refractivity contribution in [3.63, 3.8) is 0 Å². The molecule has 0 spiro atoms. The molecule has 0 saturated heterocycles. The zero-order valence-corrected chi connectivity index (χ0v) is 16.2. The first kappa shape index (κ1) is 18.9. The van der Waals surface area contributed by atoms with Gasteiger partial charge >= 0.3 is 11.8 Å². The van der Waals surface area contributed by atoms with Gasteiger partial charge in [0.25, 0.3) is 0 Å². The molecule has 1 heterocycles. The van der Waals surface area contributed by atoms with E-state index in [0.29, 0.717) is 11.6 Å². The molecule has 2 N–H and O–H groups in total. The number of benzene rings is 1. The second-order valence-electron chi connectivity index (χ2n) is 6.78. The van der Waals surface area contributed by atoms with Crippen molar-refractivity contribution in [1.82, 2.24) is 10.6 Å². The lowest BCUT2D eigenvalue weighted by Gasteiger charge is -2.36. The number of thiophene rings is 1. The molecule has 2 aromatic rings. The molecule has 3 rings (SSSR count). The van der Waals surface area contributed by atoms with Crippen molar-refractivity contribution >= 4 is 34.8 Å². The van der Waals surface area contributed by atoms with E-state index in [9.17, 15) is 9.59 Å². The van der Waals surface area contributed by atoms with Crippen LogP contribution in [-0.4, -0.2) is 18.4 Å². The molecule has 1 aliphatic rings. The first-order chi connectivity index (χ1) is 12.6. The third-order valence-electron chi connectivity index (χ3n) is 5.05. The maximum Gasteiger partial charge on any atom is 0.309 e. The topological polar surface area (TPSA) is 58.2 Å². The van der Waals surface area contributed by atoms with Gasteiger partial charge in [-0.25, -0.2) is 0 Å². The average molecular weight is 391 g/mol. The summed E-state index contributed by atoms with van der Waals surface area (Å²) >= 11 is 7.81. The highest BCUT2D eigenvalue weighted by Gasteiger charge is 2.35. The van der Waals surface area contributed by atoms with Gasteiger partial charge in [-0.1, -0.05) is 55.1 Å². The molecule has 138 valence electrons. The van der Waals surface area contributed by atoms with Crippen LogP contribution in [0, 0.1) is 0 Å². The van der Waals surface area contributed by atoms with Crippen molar-refractivity contribution in [2.45, 2.75) is 44.1 Å². The van der Waals surface area contributed by atoms with Gasteiger partial charge in [0.2, 0.25) is 0 Å². The van der Waals surface area contributed by atoms with Gasteiger partial charge in [-0.3, -0.25) is 9.59 Å². The summed E-state index contributed by atoms with van der Waals surface area (Å²) in [5.74, 6) is -1.21. The summed E-state index contributed by atoms with van der Waals surface area (Å²) in [6.45, 7) is 0.744. The fraction of sp³-hybridized carbons (Fsp3) is 0.400. The van der Waals surface area contributed by atoms with Crippen LogP contribution in [0.1, 0.15) is 42.5 Å². The van der Waals surface area contributed by atoms with Crippen LogP contribution >= 0.6 is 22.9 Å². The molecule has 0 aliphatic heterocycles. The van der Waals surface area contributed by atoms with E-state index in [-0.39, 0.29) is 12.0 Å². The summed E-state index contributed by atoms with van der Waals surface area (Å²) in [6.07, 6.45) is 5.66. The summed E-state index contributed by atoms with van der Waals surface area (Å²) in [4.78, 5) is 25.7. The Morgan fingerprint density at radius 1 is 1.00 bits per heavy atom. The number of amides is 2. The standard InChI is InChI=1S/C20H23ClN2O2S/c21-16-8-3-2-7-15(16)13-22-18(24)19(25)23-14-20(10-4-1-5-11-20)17-9-6-12-26-17/h2-3,6-9,12H,1,4-5,10-11,13-14H2,(H,22,24)(H,23,25). The van der Waals surface area contributed by atoms with Crippen molar-refractivity contribution < 1.29 is 9.59 Å². The Balaban J connectivity index is 1.56. The Hall–Kier alpha value is -1.85. The van der Waals surface area contributed by atoms with Crippen LogP contribution in [-0.2, 0) is 21.5 Å². The number of carbonyl (C=O) groups is 2. The van der Waals surface area contributed by atoms with Gasteiger partial charge in [0.1, 0.15) is 0 Å². The number of halogens is 1. The Labute approximate surface area is 162 Å². The van der Waals surface area contributed by atoms with Crippen molar-refractivity contribution in [2.24, 2.45) is 0 Å². The van der Waals surface area contributed by atoms with E-state index in [0.717, 1.165) is 31.2 Å². The second-order valence-corrected chi connectivity index (χ2v) is 8.13. The fourth-order valence-corrected chi connectivity index (χ4v) is 4.74. The lowest BCUT2D eigenvalue weighted by atomic mass is 9.73. The molecule has 1 saturated carbocycles. The van der Waals surface area contributed by atoms with Crippen molar-refractivity contribution in [1.29, 1.82) is 0 Å². The number of rotatable bonds is 5. The van der Waals surface area contributed by atoms with Crippen LogP contribution in [0.5, 0.6) is 0 Å². The van der Waals surface area contributed by atoms with Crippen molar-refractivity contribution in [3.05, 3.63) is 57.2 Å². The molecule has 1 aliphatic carbocycles. The number of carbonyl (C=O) groups excluding carboxylic acids is 2. The maximum atomic E-state index is 12.3. The third-order valence-corrected chi connectivity index (χ3v) is 6.53. The highest BCUT2D eigenvalue weighted by molar-refractivity contribution is 7.10. The van der Waals surface area contributed by atoms with Crippen LogP contribution in [0.4, 0.5) is 0 Å². The van der Waals surface area contributed by atoms with E-state index in [1.807, 2.05) is 18.2 Å². The molecule has 0 radical (unpaired) electrons. The van der Waals surface area contributed by atoms with Crippen LogP contribution < -0.4 is 10.6 Å². The van der Waals surface area contributed by atoms with E-state index in [2.05, 4.69) is 28.1 Å². The Morgan fingerprint density at radius 2 is 1.73 bits per heavy atom. The quantitative estimate of drug-likeness (QED) is 0.757. The van der Waals surface area contributed by atoms with E-state index < -0.39 is 11.8 Å². The number of nitrogens with one attached hydrogen (secondary N) is 2. The van der Waals surface area contributed by atoms with Crippen LogP contribution in [0.2, 0.25) is 5.02 Å². The molecule has 1 aromatic heterocycles. The van der Waals surface area contributed by atoms with Gasteiger partial charge in [-0.2, -0.15) is 0 Å². The van der Waals surface area contributed by atoms with E-state index in [1.165, 1.54) is 11.3 Å². The molecule has 2 amide bonds. The van der Waals surface area contributed by atoms with Gasteiger partial charge in [0.15, 0.2) is 0 Å². The zero-order valence-electron chi connectivity index (χ0n) is 14.6. The highest BCUT2D eigenvalue weighted by atomic mass is 35.5. The lowest BCUT2D eigenvalue weighted by Crippen LogP contribution is -2.46. The normalized spacial score (nSPS) is 16.0. The Morgan fingerprint density at radius 3 is 2.42 bits per heavy atom. The molecule has 4 nitrogen and oxygen atoms in total. The summed E-state index contributed by atoms with van der Waals surface area (Å²) in [5.41, 5.74) is 0.753. The molecular formula is C20H23ClN2O2S. The molecule has 6 heteroatoms. The second kappa shape index (κ2) is 8.69. The first-order valence-electron chi connectivity index (χ1n) is 8.94. The molecule has 0 bridgehead atoms. The van der Waals surface area contributed by atoms with E-state index in [1.54, 1.807) is 17.4 Å². The smallest absolute Gasteiger partial charge is 0.309 e. The molecule has 1 fully saturated rings.